The van der Waals surface area contributed by atoms with Crippen LogP contribution in [0, 0.1) is 5.92 Å². The molecule has 0 aliphatic heterocycles. The van der Waals surface area contributed by atoms with E-state index in [9.17, 15) is 4.79 Å². The second kappa shape index (κ2) is 5.54. The van der Waals surface area contributed by atoms with Gasteiger partial charge in [-0.3, -0.25) is 4.79 Å². The monoisotopic (exact) mass is 219 g/mol. The molecule has 0 radical (unpaired) electrons. The van der Waals surface area contributed by atoms with Crippen molar-refractivity contribution < 1.29 is 9.53 Å². The second-order valence-electron chi connectivity index (χ2n) is 4.17. The molecule has 1 N–H and O–H groups in total. The molecule has 1 aliphatic rings. The van der Waals surface area contributed by atoms with E-state index < -0.39 is 0 Å². The zero-order valence-corrected chi connectivity index (χ0v) is 9.32. The van der Waals surface area contributed by atoms with Gasteiger partial charge in [-0.2, -0.15) is 0 Å². The van der Waals surface area contributed by atoms with Crippen LogP contribution >= 0.6 is 0 Å². The SMILES string of the molecule is O=C(CCNc1ccccc1)OCC1CC1. The lowest BCUT2D eigenvalue weighted by molar-refractivity contribution is -0.143. The molecular formula is C13H17NO2. The van der Waals surface area contributed by atoms with E-state index in [1.54, 1.807) is 0 Å². The Kier molecular flexibility index (Phi) is 3.81. The molecule has 0 bridgehead atoms. The van der Waals surface area contributed by atoms with Gasteiger partial charge in [-0.15, -0.1) is 0 Å². The highest BCUT2D eigenvalue weighted by atomic mass is 16.5. The zero-order valence-electron chi connectivity index (χ0n) is 9.32. The molecule has 3 nitrogen and oxygen atoms in total. The molecule has 86 valence electrons. The fourth-order valence-electron chi connectivity index (χ4n) is 1.43. The Hall–Kier alpha value is -1.51. The summed E-state index contributed by atoms with van der Waals surface area (Å²) in [5.41, 5.74) is 1.04. The Morgan fingerprint density at radius 2 is 2.06 bits per heavy atom. The maximum absolute atomic E-state index is 11.3. The van der Waals surface area contributed by atoms with Crippen molar-refractivity contribution in [1.82, 2.24) is 0 Å². The van der Waals surface area contributed by atoms with Gasteiger partial charge in [-0.05, 0) is 30.9 Å². The van der Waals surface area contributed by atoms with Crippen LogP contribution in [0.3, 0.4) is 0 Å². The standard InChI is InChI=1S/C13H17NO2/c15-13(16-10-11-6-7-11)8-9-14-12-4-2-1-3-5-12/h1-5,11,14H,6-10H2. The summed E-state index contributed by atoms with van der Waals surface area (Å²) in [5.74, 6) is 0.543. The van der Waals surface area contributed by atoms with Crippen molar-refractivity contribution in [2.24, 2.45) is 5.92 Å². The van der Waals surface area contributed by atoms with E-state index in [-0.39, 0.29) is 5.97 Å². The van der Waals surface area contributed by atoms with E-state index >= 15 is 0 Å². The number of nitrogens with one attached hydrogen (secondary N) is 1. The average Bonchev–Trinajstić information content (AvgIpc) is 3.12. The van der Waals surface area contributed by atoms with Crippen LogP contribution in [0.4, 0.5) is 5.69 Å². The molecule has 1 fully saturated rings. The van der Waals surface area contributed by atoms with Crippen LogP contribution in [0.1, 0.15) is 19.3 Å². The third-order valence-corrected chi connectivity index (χ3v) is 2.61. The normalized spacial score (nSPS) is 14.5. The molecule has 0 aromatic heterocycles. The number of para-hydroxylation sites is 1. The van der Waals surface area contributed by atoms with Gasteiger partial charge in [-0.25, -0.2) is 0 Å². The van der Waals surface area contributed by atoms with E-state index in [2.05, 4.69) is 5.32 Å². The summed E-state index contributed by atoms with van der Waals surface area (Å²) in [6.45, 7) is 1.25. The summed E-state index contributed by atoms with van der Waals surface area (Å²) in [7, 11) is 0. The predicted molar refractivity (Wildman–Crippen MR) is 63.2 cm³/mol. The Balaban J connectivity index is 1.58. The summed E-state index contributed by atoms with van der Waals surface area (Å²) >= 11 is 0. The molecule has 2 rings (SSSR count). The molecule has 1 saturated carbocycles. The molecule has 3 heteroatoms. The Bertz CT molecular complexity index is 333. The first-order valence-electron chi connectivity index (χ1n) is 5.79. The molecule has 16 heavy (non-hydrogen) atoms. The van der Waals surface area contributed by atoms with Crippen LogP contribution in [0.5, 0.6) is 0 Å². The number of benzene rings is 1. The number of carbonyl (C=O) groups is 1. The highest BCUT2D eigenvalue weighted by Gasteiger charge is 2.22. The van der Waals surface area contributed by atoms with Crippen molar-refractivity contribution in [3.05, 3.63) is 30.3 Å². The Morgan fingerprint density at radius 1 is 1.31 bits per heavy atom. The van der Waals surface area contributed by atoms with Crippen LogP contribution in [0.15, 0.2) is 30.3 Å². The summed E-state index contributed by atoms with van der Waals surface area (Å²) in [4.78, 5) is 11.3. The number of rotatable bonds is 6. The van der Waals surface area contributed by atoms with Gasteiger partial charge >= 0.3 is 5.97 Å². The van der Waals surface area contributed by atoms with Crippen LogP contribution < -0.4 is 5.32 Å². The minimum atomic E-state index is -0.102. The second-order valence-corrected chi connectivity index (χ2v) is 4.17. The molecular weight excluding hydrogens is 202 g/mol. The highest BCUT2D eigenvalue weighted by Crippen LogP contribution is 2.28. The summed E-state index contributed by atoms with van der Waals surface area (Å²) in [5, 5.41) is 3.18. The van der Waals surface area contributed by atoms with Crippen molar-refractivity contribution in [1.29, 1.82) is 0 Å². The minimum Gasteiger partial charge on any atom is -0.465 e. The largest absolute Gasteiger partial charge is 0.465 e. The zero-order chi connectivity index (χ0) is 11.2. The lowest BCUT2D eigenvalue weighted by Crippen LogP contribution is -2.12. The topological polar surface area (TPSA) is 38.3 Å². The number of ether oxygens (including phenoxy) is 1. The molecule has 0 spiro atoms. The summed E-state index contributed by atoms with van der Waals surface area (Å²) in [6.07, 6.45) is 2.87. The van der Waals surface area contributed by atoms with Gasteiger partial charge in [0.1, 0.15) is 0 Å². The lowest BCUT2D eigenvalue weighted by Gasteiger charge is -2.06. The quantitative estimate of drug-likeness (QED) is 0.747. The summed E-state index contributed by atoms with van der Waals surface area (Å²) < 4.78 is 5.12. The first kappa shape index (κ1) is 11.0. The maximum atomic E-state index is 11.3. The van der Waals surface area contributed by atoms with Gasteiger partial charge in [0.25, 0.3) is 0 Å². The molecule has 0 heterocycles. The van der Waals surface area contributed by atoms with Crippen molar-refractivity contribution in [2.75, 3.05) is 18.5 Å². The summed E-state index contributed by atoms with van der Waals surface area (Å²) in [6, 6.07) is 9.86. The van der Waals surface area contributed by atoms with E-state index in [1.807, 2.05) is 30.3 Å². The Morgan fingerprint density at radius 3 is 2.75 bits per heavy atom. The van der Waals surface area contributed by atoms with E-state index in [0.29, 0.717) is 25.5 Å². The van der Waals surface area contributed by atoms with Crippen LogP contribution in [-0.2, 0) is 9.53 Å². The number of hydrogen-bond acceptors (Lipinski definition) is 3. The third kappa shape index (κ3) is 3.93. The van der Waals surface area contributed by atoms with Gasteiger partial charge in [-0.1, -0.05) is 18.2 Å². The molecule has 0 unspecified atom stereocenters. The number of anilines is 1. The molecule has 1 aliphatic carbocycles. The van der Waals surface area contributed by atoms with Crippen molar-refractivity contribution in [2.45, 2.75) is 19.3 Å². The third-order valence-electron chi connectivity index (χ3n) is 2.61. The average molecular weight is 219 g/mol. The molecule has 0 amide bonds. The number of hydrogen-bond donors (Lipinski definition) is 1. The van der Waals surface area contributed by atoms with Gasteiger partial charge in [0, 0.05) is 12.2 Å². The van der Waals surface area contributed by atoms with E-state index in [0.717, 1.165) is 5.69 Å². The lowest BCUT2D eigenvalue weighted by atomic mass is 10.3. The molecule has 1 aromatic carbocycles. The molecule has 1 aromatic rings. The van der Waals surface area contributed by atoms with Crippen LogP contribution in [0.25, 0.3) is 0 Å². The fourth-order valence-corrected chi connectivity index (χ4v) is 1.43. The predicted octanol–water partition coefficient (Wildman–Crippen LogP) is 2.44. The molecule has 0 atom stereocenters. The van der Waals surface area contributed by atoms with E-state index in [4.69, 9.17) is 4.74 Å². The first-order valence-corrected chi connectivity index (χ1v) is 5.79. The van der Waals surface area contributed by atoms with Crippen molar-refractivity contribution in [3.63, 3.8) is 0 Å². The van der Waals surface area contributed by atoms with Crippen LogP contribution in [-0.4, -0.2) is 19.1 Å². The number of carbonyl (C=O) groups excluding carboxylic acids is 1. The van der Waals surface area contributed by atoms with Crippen LogP contribution in [0.2, 0.25) is 0 Å². The van der Waals surface area contributed by atoms with Crippen molar-refractivity contribution >= 4 is 11.7 Å². The van der Waals surface area contributed by atoms with Gasteiger partial charge in [0.05, 0.1) is 13.0 Å². The highest BCUT2D eigenvalue weighted by molar-refractivity contribution is 5.70. The minimum absolute atomic E-state index is 0.102. The van der Waals surface area contributed by atoms with E-state index in [1.165, 1.54) is 12.8 Å². The maximum Gasteiger partial charge on any atom is 0.307 e. The fraction of sp³-hybridized carbons (Fsp3) is 0.462. The van der Waals surface area contributed by atoms with Crippen molar-refractivity contribution in [3.8, 4) is 0 Å². The Labute approximate surface area is 95.8 Å². The van der Waals surface area contributed by atoms with Gasteiger partial charge in [0.2, 0.25) is 0 Å². The smallest absolute Gasteiger partial charge is 0.307 e. The van der Waals surface area contributed by atoms with Gasteiger partial charge < -0.3 is 10.1 Å². The number of esters is 1. The van der Waals surface area contributed by atoms with Gasteiger partial charge in [0.15, 0.2) is 0 Å². The molecule has 0 saturated heterocycles. The first-order chi connectivity index (χ1) is 7.84.